The molecule has 1 unspecified atom stereocenters. The Balaban J connectivity index is 1.99. The zero-order valence-corrected chi connectivity index (χ0v) is 12.0. The summed E-state index contributed by atoms with van der Waals surface area (Å²) >= 11 is 6.12. The van der Waals surface area contributed by atoms with Gasteiger partial charge in [-0.1, -0.05) is 48.9 Å². The molecule has 0 aliphatic carbocycles. The molecule has 0 aromatic heterocycles. The van der Waals surface area contributed by atoms with Crippen molar-refractivity contribution in [1.29, 1.82) is 0 Å². The number of halogens is 1. The Bertz CT molecular complexity index is 650. The summed E-state index contributed by atoms with van der Waals surface area (Å²) in [5, 5.41) is 0.595. The molecule has 0 saturated carbocycles. The third-order valence-electron chi connectivity index (χ3n) is 3.71. The maximum absolute atomic E-state index is 12.7. The fourth-order valence-electron chi connectivity index (χ4n) is 2.58. The quantitative estimate of drug-likeness (QED) is 0.788. The zero-order chi connectivity index (χ0) is 14.1. The van der Waals surface area contributed by atoms with Gasteiger partial charge in [-0.05, 0) is 23.3 Å². The van der Waals surface area contributed by atoms with E-state index in [1.165, 1.54) is 0 Å². The minimum absolute atomic E-state index is 0.0526. The Morgan fingerprint density at radius 2 is 2.00 bits per heavy atom. The van der Waals surface area contributed by atoms with Crippen LogP contribution in [0, 0.1) is 0 Å². The van der Waals surface area contributed by atoms with Crippen molar-refractivity contribution in [3.8, 4) is 5.75 Å². The second-order valence-corrected chi connectivity index (χ2v) is 5.47. The molecule has 0 N–H and O–H groups in total. The minimum Gasteiger partial charge on any atom is -0.492 e. The standard InChI is InChI=1S/C17H15ClO2/c1-11(12-5-3-2-4-6-12)16(19)15-10-14(18)9-13-7-8-20-17(13)15/h2-6,9-11H,7-8H2,1H3. The van der Waals surface area contributed by atoms with E-state index in [-0.39, 0.29) is 11.7 Å². The fourth-order valence-corrected chi connectivity index (χ4v) is 2.82. The molecule has 1 atom stereocenters. The number of carbonyl (C=O) groups is 1. The first-order valence-electron chi connectivity index (χ1n) is 6.71. The van der Waals surface area contributed by atoms with Gasteiger partial charge < -0.3 is 4.74 Å². The van der Waals surface area contributed by atoms with E-state index >= 15 is 0 Å². The second-order valence-electron chi connectivity index (χ2n) is 5.04. The highest BCUT2D eigenvalue weighted by Crippen LogP contribution is 2.35. The van der Waals surface area contributed by atoms with Gasteiger partial charge in [0.15, 0.2) is 5.78 Å². The first kappa shape index (κ1) is 13.2. The van der Waals surface area contributed by atoms with Gasteiger partial charge in [-0.3, -0.25) is 4.79 Å². The Kier molecular flexibility index (Phi) is 3.49. The maximum atomic E-state index is 12.7. The molecule has 0 saturated heterocycles. The number of hydrogen-bond donors (Lipinski definition) is 0. The number of hydrogen-bond acceptors (Lipinski definition) is 2. The molecule has 0 amide bonds. The SMILES string of the molecule is CC(C(=O)c1cc(Cl)cc2c1OCC2)c1ccccc1. The van der Waals surface area contributed by atoms with E-state index in [1.54, 1.807) is 6.07 Å². The monoisotopic (exact) mass is 286 g/mol. The van der Waals surface area contributed by atoms with Gasteiger partial charge >= 0.3 is 0 Å². The number of ketones is 1. The first-order valence-corrected chi connectivity index (χ1v) is 7.09. The molecule has 1 heterocycles. The number of ether oxygens (including phenoxy) is 1. The van der Waals surface area contributed by atoms with Crippen LogP contribution in [0.15, 0.2) is 42.5 Å². The van der Waals surface area contributed by atoms with Crippen LogP contribution in [0.25, 0.3) is 0 Å². The van der Waals surface area contributed by atoms with Crippen molar-refractivity contribution in [1.82, 2.24) is 0 Å². The number of Topliss-reactive ketones (excluding diaryl/α,β-unsaturated/α-hetero) is 1. The molecule has 3 rings (SSSR count). The van der Waals surface area contributed by atoms with Crippen molar-refractivity contribution in [3.05, 3.63) is 64.2 Å². The van der Waals surface area contributed by atoms with Crippen LogP contribution in [-0.4, -0.2) is 12.4 Å². The number of benzene rings is 2. The van der Waals surface area contributed by atoms with Crippen LogP contribution in [-0.2, 0) is 6.42 Å². The average Bonchev–Trinajstić information content (AvgIpc) is 2.94. The van der Waals surface area contributed by atoms with Gasteiger partial charge in [0.05, 0.1) is 12.2 Å². The first-order chi connectivity index (χ1) is 9.66. The largest absolute Gasteiger partial charge is 0.492 e. The van der Waals surface area contributed by atoms with Gasteiger partial charge in [0.1, 0.15) is 5.75 Å². The Hall–Kier alpha value is -1.80. The highest BCUT2D eigenvalue weighted by Gasteiger charge is 2.25. The number of carbonyl (C=O) groups excluding carboxylic acids is 1. The lowest BCUT2D eigenvalue weighted by molar-refractivity contribution is 0.0963. The molecular formula is C17H15ClO2. The Labute approximate surface area is 123 Å². The van der Waals surface area contributed by atoms with Gasteiger partial charge in [0.2, 0.25) is 0 Å². The van der Waals surface area contributed by atoms with Crippen LogP contribution in [0.1, 0.15) is 34.3 Å². The summed E-state index contributed by atoms with van der Waals surface area (Å²) < 4.78 is 5.61. The highest BCUT2D eigenvalue weighted by atomic mass is 35.5. The van der Waals surface area contributed by atoms with E-state index in [4.69, 9.17) is 16.3 Å². The van der Waals surface area contributed by atoms with Gasteiger partial charge in [-0.15, -0.1) is 0 Å². The summed E-state index contributed by atoms with van der Waals surface area (Å²) in [6.45, 7) is 2.54. The molecule has 0 bridgehead atoms. The van der Waals surface area contributed by atoms with Crippen molar-refractivity contribution in [2.24, 2.45) is 0 Å². The Morgan fingerprint density at radius 1 is 1.25 bits per heavy atom. The van der Waals surface area contributed by atoms with E-state index in [0.717, 1.165) is 17.5 Å². The second kappa shape index (κ2) is 5.29. The van der Waals surface area contributed by atoms with Crippen LogP contribution >= 0.6 is 11.6 Å². The predicted octanol–water partition coefficient (Wildman–Crippen LogP) is 4.26. The van der Waals surface area contributed by atoms with Crippen molar-refractivity contribution in [3.63, 3.8) is 0 Å². The van der Waals surface area contributed by atoms with Crippen LogP contribution in [0.4, 0.5) is 0 Å². The van der Waals surface area contributed by atoms with E-state index in [2.05, 4.69) is 0 Å². The van der Waals surface area contributed by atoms with Crippen molar-refractivity contribution < 1.29 is 9.53 Å². The van der Waals surface area contributed by atoms with Crippen LogP contribution in [0.3, 0.4) is 0 Å². The number of fused-ring (bicyclic) bond motifs is 1. The summed E-state index contributed by atoms with van der Waals surface area (Å²) in [4.78, 5) is 12.7. The number of rotatable bonds is 3. The molecule has 1 aliphatic heterocycles. The molecule has 0 fully saturated rings. The van der Waals surface area contributed by atoms with Gasteiger partial charge in [0, 0.05) is 17.4 Å². The normalized spacial score (nSPS) is 14.5. The van der Waals surface area contributed by atoms with E-state index < -0.39 is 0 Å². The third-order valence-corrected chi connectivity index (χ3v) is 3.92. The zero-order valence-electron chi connectivity index (χ0n) is 11.2. The molecule has 102 valence electrons. The summed E-state index contributed by atoms with van der Waals surface area (Å²) in [7, 11) is 0. The van der Waals surface area contributed by atoms with E-state index in [1.807, 2.05) is 43.3 Å². The summed E-state index contributed by atoms with van der Waals surface area (Å²) in [5.41, 5.74) is 2.63. The molecule has 2 aromatic carbocycles. The molecule has 0 radical (unpaired) electrons. The van der Waals surface area contributed by atoms with E-state index in [9.17, 15) is 4.79 Å². The fraction of sp³-hybridized carbons (Fsp3) is 0.235. The van der Waals surface area contributed by atoms with Crippen LogP contribution < -0.4 is 4.74 Å². The molecule has 2 nitrogen and oxygen atoms in total. The molecule has 2 aromatic rings. The lowest BCUT2D eigenvalue weighted by atomic mass is 9.91. The minimum atomic E-state index is -0.206. The average molecular weight is 287 g/mol. The van der Waals surface area contributed by atoms with Crippen molar-refractivity contribution in [2.45, 2.75) is 19.3 Å². The predicted molar refractivity (Wildman–Crippen MR) is 79.8 cm³/mol. The molecule has 1 aliphatic rings. The maximum Gasteiger partial charge on any atom is 0.173 e. The van der Waals surface area contributed by atoms with Gasteiger partial charge in [-0.2, -0.15) is 0 Å². The van der Waals surface area contributed by atoms with Gasteiger partial charge in [-0.25, -0.2) is 0 Å². The lowest BCUT2D eigenvalue weighted by Crippen LogP contribution is -2.11. The molecule has 0 spiro atoms. The third kappa shape index (κ3) is 2.32. The highest BCUT2D eigenvalue weighted by molar-refractivity contribution is 6.31. The topological polar surface area (TPSA) is 26.3 Å². The summed E-state index contributed by atoms with van der Waals surface area (Å²) in [6.07, 6.45) is 0.815. The van der Waals surface area contributed by atoms with Crippen LogP contribution in [0.2, 0.25) is 5.02 Å². The summed E-state index contributed by atoms with van der Waals surface area (Å²) in [5.74, 6) is 0.557. The Morgan fingerprint density at radius 3 is 2.75 bits per heavy atom. The van der Waals surface area contributed by atoms with E-state index in [0.29, 0.717) is 22.9 Å². The van der Waals surface area contributed by atoms with Gasteiger partial charge in [0.25, 0.3) is 0 Å². The lowest BCUT2D eigenvalue weighted by Gasteiger charge is -2.14. The molecule has 3 heteroatoms. The molecular weight excluding hydrogens is 272 g/mol. The summed E-state index contributed by atoms with van der Waals surface area (Å²) in [6, 6.07) is 13.4. The van der Waals surface area contributed by atoms with Crippen molar-refractivity contribution >= 4 is 17.4 Å². The molecule has 20 heavy (non-hydrogen) atoms. The van der Waals surface area contributed by atoms with Crippen LogP contribution in [0.5, 0.6) is 5.75 Å². The smallest absolute Gasteiger partial charge is 0.173 e. The van der Waals surface area contributed by atoms with Crippen molar-refractivity contribution in [2.75, 3.05) is 6.61 Å².